The third kappa shape index (κ3) is 4.77. The van der Waals surface area contributed by atoms with Crippen molar-refractivity contribution in [1.82, 2.24) is 15.1 Å². The van der Waals surface area contributed by atoms with Crippen LogP contribution in [0.4, 0.5) is 5.13 Å². The number of benzene rings is 1. The molecule has 9 nitrogen and oxygen atoms in total. The van der Waals surface area contributed by atoms with E-state index in [1.807, 2.05) is 0 Å². The molecule has 0 aliphatic heterocycles. The number of nitrogens with one attached hydrogen (secondary N) is 1. The number of nitrogens with zero attached hydrogens (tertiary/aromatic N) is 3. The molecule has 0 unspecified atom stereocenters. The molecule has 0 spiro atoms. The Bertz CT molecular complexity index is 1040. The summed E-state index contributed by atoms with van der Waals surface area (Å²) in [5.41, 5.74) is 1.31. The number of hydrogen-bond donors (Lipinski definition) is 1. The van der Waals surface area contributed by atoms with Crippen LogP contribution < -0.4 is 14.8 Å². The summed E-state index contributed by atoms with van der Waals surface area (Å²) in [4.78, 5) is 32.7. The van der Waals surface area contributed by atoms with E-state index in [1.54, 1.807) is 39.3 Å². The zero-order chi connectivity index (χ0) is 21.0. The topological polar surface area (TPSA) is 116 Å². The van der Waals surface area contributed by atoms with Gasteiger partial charge in [-0.05, 0) is 25.1 Å². The largest absolute Gasteiger partial charge is 0.493 e. The van der Waals surface area contributed by atoms with Gasteiger partial charge in [0.15, 0.2) is 22.4 Å². The standard InChI is InChI=1S/C19H20N4O5S/c1-10-17(11(2)24)29-19(20-10)21-15(25)7-8-16-22-18(23-28-16)12-5-6-13(26-3)14(9-12)27-4/h5-6,9H,7-8H2,1-4H3,(H,20,21,25). The molecule has 0 radical (unpaired) electrons. The van der Waals surface area contributed by atoms with Crippen molar-refractivity contribution < 1.29 is 23.6 Å². The molecule has 1 N–H and O–H groups in total. The number of aromatic nitrogens is 3. The summed E-state index contributed by atoms with van der Waals surface area (Å²) in [6.07, 6.45) is 0.414. The summed E-state index contributed by atoms with van der Waals surface area (Å²) in [7, 11) is 3.11. The van der Waals surface area contributed by atoms with Crippen LogP contribution in [0.5, 0.6) is 11.5 Å². The first-order chi connectivity index (χ1) is 13.9. The molecule has 1 aromatic carbocycles. The van der Waals surface area contributed by atoms with Crippen molar-refractivity contribution in [2.45, 2.75) is 26.7 Å². The Hall–Kier alpha value is -3.27. The van der Waals surface area contributed by atoms with Crippen LogP contribution in [0.15, 0.2) is 22.7 Å². The fourth-order valence-electron chi connectivity index (χ4n) is 2.63. The Morgan fingerprint density at radius 2 is 1.93 bits per heavy atom. The van der Waals surface area contributed by atoms with Gasteiger partial charge in [-0.15, -0.1) is 0 Å². The van der Waals surface area contributed by atoms with Crippen LogP contribution in [0.2, 0.25) is 0 Å². The summed E-state index contributed by atoms with van der Waals surface area (Å²) >= 11 is 1.16. The zero-order valence-corrected chi connectivity index (χ0v) is 17.3. The molecule has 10 heteroatoms. The van der Waals surface area contributed by atoms with Crippen LogP contribution in [-0.4, -0.2) is 41.0 Å². The lowest BCUT2D eigenvalue weighted by Crippen LogP contribution is -2.12. The van der Waals surface area contributed by atoms with E-state index in [4.69, 9.17) is 14.0 Å². The fourth-order valence-corrected chi connectivity index (χ4v) is 3.51. The number of carbonyl (C=O) groups excluding carboxylic acids is 2. The number of hydrogen-bond acceptors (Lipinski definition) is 9. The molecule has 0 aliphatic rings. The molecule has 0 fully saturated rings. The van der Waals surface area contributed by atoms with Crippen molar-refractivity contribution in [3.8, 4) is 22.9 Å². The van der Waals surface area contributed by atoms with Gasteiger partial charge in [-0.2, -0.15) is 4.98 Å². The van der Waals surface area contributed by atoms with E-state index in [1.165, 1.54) is 6.92 Å². The summed E-state index contributed by atoms with van der Waals surface area (Å²) < 4.78 is 15.7. The van der Waals surface area contributed by atoms with E-state index in [2.05, 4.69) is 20.4 Å². The minimum atomic E-state index is -0.250. The van der Waals surface area contributed by atoms with Crippen molar-refractivity contribution in [3.05, 3.63) is 34.7 Å². The van der Waals surface area contributed by atoms with E-state index >= 15 is 0 Å². The maximum atomic E-state index is 12.2. The highest BCUT2D eigenvalue weighted by Crippen LogP contribution is 2.31. The Labute approximate surface area is 171 Å². The smallest absolute Gasteiger partial charge is 0.227 e. The summed E-state index contributed by atoms with van der Waals surface area (Å²) in [6, 6.07) is 5.29. The van der Waals surface area contributed by atoms with Crippen molar-refractivity contribution in [1.29, 1.82) is 0 Å². The lowest BCUT2D eigenvalue weighted by atomic mass is 10.2. The lowest BCUT2D eigenvalue weighted by molar-refractivity contribution is -0.116. The van der Waals surface area contributed by atoms with Crippen LogP contribution in [-0.2, 0) is 11.2 Å². The first-order valence-electron chi connectivity index (χ1n) is 8.74. The first kappa shape index (κ1) is 20.5. The number of thiazole rings is 1. The van der Waals surface area contributed by atoms with E-state index in [0.717, 1.165) is 11.3 Å². The quantitative estimate of drug-likeness (QED) is 0.556. The normalized spacial score (nSPS) is 10.6. The third-order valence-corrected chi connectivity index (χ3v) is 5.21. The highest BCUT2D eigenvalue weighted by Gasteiger charge is 2.16. The molecule has 3 rings (SSSR count). The molecule has 0 bridgehead atoms. The predicted octanol–water partition coefficient (Wildman–Crippen LogP) is 3.29. The second-order valence-corrected chi connectivity index (χ2v) is 7.12. The Kier molecular flexibility index (Phi) is 6.23. The van der Waals surface area contributed by atoms with Gasteiger partial charge in [0, 0.05) is 25.3 Å². The number of carbonyl (C=O) groups is 2. The Morgan fingerprint density at radius 3 is 2.59 bits per heavy atom. The Balaban J connectivity index is 1.61. The molecular weight excluding hydrogens is 396 g/mol. The van der Waals surface area contributed by atoms with Gasteiger partial charge in [0.1, 0.15) is 0 Å². The van der Waals surface area contributed by atoms with Gasteiger partial charge in [-0.25, -0.2) is 4.98 Å². The molecule has 152 valence electrons. The van der Waals surface area contributed by atoms with Crippen molar-refractivity contribution in [2.75, 3.05) is 19.5 Å². The summed E-state index contributed by atoms with van der Waals surface area (Å²) in [6.45, 7) is 3.20. The number of rotatable bonds is 8. The van der Waals surface area contributed by atoms with Gasteiger partial charge in [0.05, 0.1) is 24.8 Å². The predicted molar refractivity (Wildman–Crippen MR) is 107 cm³/mol. The first-order valence-corrected chi connectivity index (χ1v) is 9.56. The van der Waals surface area contributed by atoms with Crippen LogP contribution in [0, 0.1) is 6.92 Å². The van der Waals surface area contributed by atoms with E-state index in [9.17, 15) is 9.59 Å². The van der Waals surface area contributed by atoms with E-state index < -0.39 is 0 Å². The molecular formula is C19H20N4O5S. The highest BCUT2D eigenvalue weighted by molar-refractivity contribution is 7.17. The van der Waals surface area contributed by atoms with Crippen LogP contribution in [0.25, 0.3) is 11.4 Å². The molecule has 0 atom stereocenters. The number of aryl methyl sites for hydroxylation is 2. The molecule has 3 aromatic rings. The number of Topliss-reactive ketones (excluding diaryl/α,β-unsaturated/α-hetero) is 1. The van der Waals surface area contributed by atoms with Gasteiger partial charge >= 0.3 is 0 Å². The minimum absolute atomic E-state index is 0.0750. The molecule has 2 heterocycles. The maximum Gasteiger partial charge on any atom is 0.227 e. The number of amides is 1. The maximum absolute atomic E-state index is 12.2. The average Bonchev–Trinajstić information content (AvgIpc) is 3.32. The summed E-state index contributed by atoms with van der Waals surface area (Å²) in [5, 5.41) is 7.04. The van der Waals surface area contributed by atoms with Crippen LogP contribution >= 0.6 is 11.3 Å². The number of ether oxygens (including phenoxy) is 2. The lowest BCUT2D eigenvalue weighted by Gasteiger charge is -2.07. The molecule has 0 aliphatic carbocycles. The Morgan fingerprint density at radius 1 is 1.17 bits per heavy atom. The van der Waals surface area contributed by atoms with Gasteiger partial charge < -0.3 is 19.3 Å². The SMILES string of the molecule is COc1ccc(-c2noc(CCC(=O)Nc3nc(C)c(C(C)=O)s3)n2)cc1OC. The van der Waals surface area contributed by atoms with Gasteiger partial charge in [-0.1, -0.05) is 16.5 Å². The molecule has 1 amide bonds. The van der Waals surface area contributed by atoms with Gasteiger partial charge in [0.2, 0.25) is 17.6 Å². The van der Waals surface area contributed by atoms with Crippen molar-refractivity contribution in [2.24, 2.45) is 0 Å². The van der Waals surface area contributed by atoms with Gasteiger partial charge in [0.25, 0.3) is 0 Å². The van der Waals surface area contributed by atoms with E-state index in [-0.39, 0.29) is 24.5 Å². The fraction of sp³-hybridized carbons (Fsp3) is 0.316. The average molecular weight is 416 g/mol. The molecule has 2 aromatic heterocycles. The van der Waals surface area contributed by atoms with Crippen LogP contribution in [0.1, 0.15) is 34.6 Å². The number of methoxy groups -OCH3 is 2. The monoisotopic (exact) mass is 416 g/mol. The van der Waals surface area contributed by atoms with Gasteiger partial charge in [-0.3, -0.25) is 9.59 Å². The number of anilines is 1. The second-order valence-electron chi connectivity index (χ2n) is 6.12. The highest BCUT2D eigenvalue weighted by atomic mass is 32.1. The van der Waals surface area contributed by atoms with Crippen molar-refractivity contribution in [3.63, 3.8) is 0 Å². The molecule has 0 saturated heterocycles. The van der Waals surface area contributed by atoms with E-state index in [0.29, 0.717) is 44.5 Å². The molecule has 0 saturated carbocycles. The number of ketones is 1. The van der Waals surface area contributed by atoms with Crippen LogP contribution in [0.3, 0.4) is 0 Å². The zero-order valence-electron chi connectivity index (χ0n) is 16.4. The van der Waals surface area contributed by atoms with Crippen molar-refractivity contribution >= 4 is 28.2 Å². The summed E-state index contributed by atoms with van der Waals surface area (Å²) in [5.74, 6) is 1.56. The molecule has 29 heavy (non-hydrogen) atoms. The minimum Gasteiger partial charge on any atom is -0.493 e. The third-order valence-electron chi connectivity index (χ3n) is 4.04. The second kappa shape index (κ2) is 8.82.